The van der Waals surface area contributed by atoms with Gasteiger partial charge in [0.25, 0.3) is 0 Å². The average Bonchev–Trinajstić information content (AvgIpc) is 2.30. The lowest BCUT2D eigenvalue weighted by Crippen LogP contribution is -2.71. The van der Waals surface area contributed by atoms with Crippen LogP contribution in [-0.4, -0.2) is 120 Å². The zero-order valence-corrected chi connectivity index (χ0v) is 48.8. The molecule has 15 heteroatoms. The van der Waals surface area contributed by atoms with Gasteiger partial charge in [-0.15, -0.1) is 0 Å². The van der Waals surface area contributed by atoms with Crippen LogP contribution in [0.25, 0.3) is 0 Å². The highest BCUT2D eigenvalue weighted by molar-refractivity contribution is 8.76. The molecular weight excluding hydrogens is 1020 g/mol. The molecule has 0 aromatic carbocycles. The number of aliphatic imine (C=N–C) groups is 1. The number of aliphatic hydroxyl groups excluding tert-OH is 5. The van der Waals surface area contributed by atoms with Crippen LogP contribution < -0.4 is 16.4 Å². The molecule has 8 saturated carbocycles. The normalized spacial score (nSPS) is 47.4. The largest absolute Gasteiger partial charge is 0.396 e. The number of carbonyl (C=O) groups excluding carboxylic acids is 1. The van der Waals surface area contributed by atoms with Crippen molar-refractivity contribution in [2.45, 2.75) is 185 Å². The van der Waals surface area contributed by atoms with E-state index in [1.807, 2.05) is 41.2 Å². The Labute approximate surface area is 472 Å². The van der Waals surface area contributed by atoms with E-state index in [2.05, 4.69) is 40.2 Å². The lowest BCUT2D eigenvalue weighted by atomic mass is 9.37. The number of nitrogens with two attached hydrogens (primary N) is 1. The first-order valence-electron chi connectivity index (χ1n) is 31.2. The van der Waals surface area contributed by atoms with E-state index in [9.17, 15) is 25.5 Å². The zero-order chi connectivity index (χ0) is 54.3. The second kappa shape index (κ2) is 20.5. The molecule has 1 aromatic rings. The smallest absolute Gasteiger partial charge is 0.190 e. The van der Waals surface area contributed by atoms with Crippen molar-refractivity contribution in [2.75, 3.05) is 38.2 Å². The highest BCUT2D eigenvalue weighted by Gasteiger charge is 2.77. The summed E-state index contributed by atoms with van der Waals surface area (Å²) < 4.78 is 2.33. The third-order valence-electron chi connectivity index (χ3n) is 25.1. The van der Waals surface area contributed by atoms with Crippen molar-refractivity contribution in [3.05, 3.63) is 52.7 Å². The van der Waals surface area contributed by atoms with Crippen LogP contribution in [0, 0.1) is 98.6 Å². The molecule has 12 aliphatic rings. The molecule has 430 valence electrons. The average molecular weight is 1110 g/mol. The number of aliphatic hydroxyl groups is 6. The molecule has 0 amide bonds. The first kappa shape index (κ1) is 55.0. The Hall–Kier alpha value is -2.21. The van der Waals surface area contributed by atoms with Crippen molar-refractivity contribution < 1.29 is 35.4 Å². The Morgan fingerprint density at radius 1 is 0.923 bits per heavy atom. The van der Waals surface area contributed by atoms with Crippen molar-refractivity contribution >= 4 is 33.3 Å². The molecule has 1 saturated heterocycles. The molecule has 1 spiro atoms. The first-order chi connectivity index (χ1) is 37.5. The minimum absolute atomic E-state index is 0.0385. The molecule has 78 heavy (non-hydrogen) atoms. The predicted octanol–water partition coefficient (Wildman–Crippen LogP) is 8.12. The number of fused-ring (bicyclic) bond motifs is 14. The van der Waals surface area contributed by atoms with Gasteiger partial charge in [0.2, 0.25) is 0 Å². The maximum absolute atomic E-state index is 15.9. The Morgan fingerprint density at radius 2 is 1.72 bits per heavy atom. The predicted molar refractivity (Wildman–Crippen MR) is 307 cm³/mol. The van der Waals surface area contributed by atoms with Crippen LogP contribution in [0.1, 0.15) is 155 Å². The van der Waals surface area contributed by atoms with Crippen molar-refractivity contribution in [1.82, 2.24) is 20.2 Å². The van der Waals surface area contributed by atoms with E-state index < -0.39 is 58.7 Å². The fourth-order valence-corrected chi connectivity index (χ4v) is 25.7. The summed E-state index contributed by atoms with van der Waals surface area (Å²) in [6, 6.07) is 0.140. The standard InChI is InChI=1S/C63H94N6O7S2/c1-34(71)68-58(64)67-28-37-25-61(32-70)46-22-40(63(61,76)47-23-48(72)54-45(29-65-4)56(74)49(73)27-62(54,52(37)47)39-11-6-5-7-12-39)30-77-78-31-41(69-19-18-66-33-69)26-59(2,3)55-44-20-35-15-16-38-13-9-17-60(38,24-35)53(44)42-14-8-10-36-21-43(46)57(75)51(55)50(36)42/h18-19,23,33-41,43,45-46,49,51-54,56-57,65,70-71,73-76H,5-17,20-22,24-32H2,1-4H3,(H3,64,67,68)/t34-,35-,36+,37+,38+,40-,41-,43+,45-,46-,49+,51-,52+,53-,54+,56-,57+,60+,61+,62+,63-/m1/s1. The van der Waals surface area contributed by atoms with Gasteiger partial charge in [0.1, 0.15) is 6.23 Å². The number of nitrogens with one attached hydrogen (secondary N) is 2. The molecule has 0 radical (unpaired) electrons. The topological polar surface area (TPSA) is 219 Å². The third kappa shape index (κ3) is 8.09. The number of ketones is 1. The van der Waals surface area contributed by atoms with Crippen LogP contribution in [0.5, 0.6) is 0 Å². The molecule has 6 bridgehead atoms. The summed E-state index contributed by atoms with van der Waals surface area (Å²) in [4.78, 5) is 25.5. The molecule has 13 nitrogen and oxygen atoms in total. The number of guanidine groups is 1. The quantitative estimate of drug-likeness (QED) is 0.0396. The maximum Gasteiger partial charge on any atom is 0.190 e. The number of allylic oxidation sites excluding steroid dienone is 3. The Bertz CT molecular complexity index is 2580. The monoisotopic (exact) mass is 1110 g/mol. The van der Waals surface area contributed by atoms with Gasteiger partial charge in [0, 0.05) is 78.0 Å². The van der Waals surface area contributed by atoms with Crippen LogP contribution in [0.2, 0.25) is 0 Å². The molecule has 1 aliphatic heterocycles. The summed E-state index contributed by atoms with van der Waals surface area (Å²) in [6.45, 7) is 6.91. The van der Waals surface area contributed by atoms with E-state index in [4.69, 9.17) is 10.7 Å². The summed E-state index contributed by atoms with van der Waals surface area (Å²) in [7, 11) is 5.54. The molecule has 2 heterocycles. The summed E-state index contributed by atoms with van der Waals surface area (Å²) in [5.74, 6) is 0.774. The first-order valence-corrected chi connectivity index (χ1v) is 33.7. The summed E-state index contributed by atoms with van der Waals surface area (Å²) in [6.07, 6.45) is 24.4. The van der Waals surface area contributed by atoms with Gasteiger partial charge in [0.15, 0.2) is 11.7 Å². The Kier molecular flexibility index (Phi) is 14.5. The fourth-order valence-electron chi connectivity index (χ4n) is 23.0. The van der Waals surface area contributed by atoms with Gasteiger partial charge in [0.05, 0.1) is 36.8 Å². The number of carbonyl (C=O) groups is 1. The third-order valence-corrected chi connectivity index (χ3v) is 27.6. The molecule has 11 aliphatic carbocycles. The summed E-state index contributed by atoms with van der Waals surface area (Å²) >= 11 is 0. The van der Waals surface area contributed by atoms with E-state index in [0.29, 0.717) is 53.9 Å². The zero-order valence-electron chi connectivity index (χ0n) is 47.2. The van der Waals surface area contributed by atoms with Gasteiger partial charge in [-0.1, -0.05) is 83.4 Å². The second-order valence-electron chi connectivity index (χ2n) is 28.8. The molecule has 0 unspecified atom stereocenters. The molecule has 10 N–H and O–H groups in total. The lowest BCUT2D eigenvalue weighted by molar-refractivity contribution is -0.212. The van der Waals surface area contributed by atoms with E-state index in [-0.39, 0.29) is 78.3 Å². The SMILES string of the molecule is CNC[C@H]1[C@@H](O)[C@@H](O)C[C@]2(C3CCCCC3)[C@@H]3C(=CC(=O)[C@H]12)[C@]1(O)[C@H]2CSSC[C@H](n4ccnc4)CC(C)(C)C4=C5C[C@H]6CC[C@@H]7CCC[C@@]7(C6)[C@@H]5C5=C6[C@@H](CCC5)C[C@H]([C@H](O)[C@H]64)[C@@H](C2)[C@@]1(CO)C[C@H]3CN=C(N)N[C@@H](C)O. The van der Waals surface area contributed by atoms with Gasteiger partial charge in [-0.3, -0.25) is 9.79 Å². The van der Waals surface area contributed by atoms with Gasteiger partial charge >= 0.3 is 0 Å². The van der Waals surface area contributed by atoms with Crippen molar-refractivity contribution in [1.29, 1.82) is 0 Å². The molecule has 21 atom stereocenters. The van der Waals surface area contributed by atoms with Gasteiger partial charge < -0.3 is 51.6 Å². The second-order valence-corrected chi connectivity index (χ2v) is 31.4. The van der Waals surface area contributed by atoms with Crippen molar-refractivity contribution in [3.63, 3.8) is 0 Å². The fraction of sp³-hybridized carbons (Fsp3) is 0.825. The summed E-state index contributed by atoms with van der Waals surface area (Å²) in [5.41, 5.74) is 10.3. The van der Waals surface area contributed by atoms with Gasteiger partial charge in [-0.05, 0) is 192 Å². The van der Waals surface area contributed by atoms with Crippen LogP contribution >= 0.6 is 21.6 Å². The van der Waals surface area contributed by atoms with Crippen molar-refractivity contribution in [2.24, 2.45) is 109 Å². The number of nitrogens with zero attached hydrogens (tertiary/aromatic N) is 3. The minimum Gasteiger partial charge on any atom is -0.396 e. The molecule has 9 fully saturated rings. The molecule has 13 rings (SSSR count). The van der Waals surface area contributed by atoms with Gasteiger partial charge in [-0.25, -0.2) is 4.98 Å². The minimum atomic E-state index is -1.64. The maximum atomic E-state index is 15.9. The molecular formula is C63H94N6O7S2. The number of hydrogen-bond acceptors (Lipinski definition) is 12. The van der Waals surface area contributed by atoms with Crippen LogP contribution in [0.3, 0.4) is 0 Å². The van der Waals surface area contributed by atoms with E-state index in [0.717, 1.165) is 82.3 Å². The molecule has 1 aromatic heterocycles. The Morgan fingerprint density at radius 3 is 2.47 bits per heavy atom. The van der Waals surface area contributed by atoms with E-state index >= 15 is 9.90 Å². The highest BCUT2D eigenvalue weighted by atomic mass is 33.1. The van der Waals surface area contributed by atoms with Crippen LogP contribution in [-0.2, 0) is 4.79 Å². The number of hydrogen-bond donors (Lipinski definition) is 9. The highest BCUT2D eigenvalue weighted by Crippen LogP contribution is 2.77. The van der Waals surface area contributed by atoms with Crippen LogP contribution in [0.15, 0.2) is 57.7 Å². The number of rotatable bonds is 8. The Balaban J connectivity index is 1.02. The summed E-state index contributed by atoms with van der Waals surface area (Å²) in [5, 5.41) is 83.2. The van der Waals surface area contributed by atoms with Gasteiger partial charge in [-0.2, -0.15) is 0 Å². The lowest BCUT2D eigenvalue weighted by Gasteiger charge is -2.68. The number of imidazole rings is 1. The van der Waals surface area contributed by atoms with Crippen molar-refractivity contribution in [3.8, 4) is 0 Å². The van der Waals surface area contributed by atoms with Crippen LogP contribution in [0.4, 0.5) is 0 Å². The van der Waals surface area contributed by atoms with E-state index in [1.54, 1.807) is 29.7 Å². The van der Waals surface area contributed by atoms with E-state index in [1.165, 1.54) is 44.1 Å². The number of aromatic nitrogens is 2.